The normalized spacial score (nSPS) is 12.3. The van der Waals surface area contributed by atoms with Gasteiger partial charge < -0.3 is 24.5 Å². The molecule has 1 heterocycles. The summed E-state index contributed by atoms with van der Waals surface area (Å²) in [5.41, 5.74) is 0.429. The Morgan fingerprint density at radius 3 is 2.70 bits per heavy atom. The summed E-state index contributed by atoms with van der Waals surface area (Å²) in [5, 5.41) is 6.37. The molecule has 0 aliphatic carbocycles. The second-order valence-electron chi connectivity index (χ2n) is 4.87. The van der Waals surface area contributed by atoms with Crippen LogP contribution in [0, 0.1) is 6.92 Å². The number of nitrogens with one attached hydrogen (secondary N) is 2. The van der Waals surface area contributed by atoms with Crippen molar-refractivity contribution in [2.24, 2.45) is 4.99 Å². The largest absolute Gasteiger partial charge is 0.465 e. The number of hydrogen-bond acceptors (Lipinski definition) is 5. The van der Waals surface area contributed by atoms with E-state index in [0.717, 1.165) is 6.54 Å². The van der Waals surface area contributed by atoms with Crippen molar-refractivity contribution in [3.8, 4) is 0 Å². The quantitative estimate of drug-likeness (QED) is 0.293. The van der Waals surface area contributed by atoms with Crippen molar-refractivity contribution in [3.63, 3.8) is 0 Å². The minimum Gasteiger partial charge on any atom is -0.465 e. The van der Waals surface area contributed by atoms with Gasteiger partial charge in [-0.05, 0) is 26.8 Å². The van der Waals surface area contributed by atoms with Crippen LogP contribution in [0.25, 0.3) is 0 Å². The maximum Gasteiger partial charge on any atom is 0.341 e. The van der Waals surface area contributed by atoms with E-state index in [1.54, 1.807) is 20.1 Å². The Morgan fingerprint density at radius 1 is 1.43 bits per heavy atom. The smallest absolute Gasteiger partial charge is 0.341 e. The lowest BCUT2D eigenvalue weighted by Gasteiger charge is -2.16. The summed E-state index contributed by atoms with van der Waals surface area (Å²) in [5.74, 6) is 1.40. The fourth-order valence-electron chi connectivity index (χ4n) is 1.94. The molecule has 0 aliphatic heterocycles. The molecule has 1 unspecified atom stereocenters. The highest BCUT2D eigenvalue weighted by Gasteiger charge is 2.15. The second kappa shape index (κ2) is 11.3. The summed E-state index contributed by atoms with van der Waals surface area (Å²) < 4.78 is 15.3. The van der Waals surface area contributed by atoms with E-state index in [-0.39, 0.29) is 30.0 Å². The topological polar surface area (TPSA) is 85.1 Å². The van der Waals surface area contributed by atoms with Gasteiger partial charge in [0.05, 0.1) is 13.7 Å². The number of rotatable bonds is 7. The van der Waals surface area contributed by atoms with Gasteiger partial charge in [0.15, 0.2) is 5.96 Å². The molecule has 2 N–H and O–H groups in total. The molecule has 0 amide bonds. The molecule has 1 aromatic heterocycles. The minimum atomic E-state index is -0.407. The molecule has 0 bridgehead atoms. The molecule has 1 aromatic rings. The molecule has 132 valence electrons. The lowest BCUT2D eigenvalue weighted by atomic mass is 10.2. The maximum absolute atomic E-state index is 11.5. The van der Waals surface area contributed by atoms with Gasteiger partial charge >= 0.3 is 5.97 Å². The van der Waals surface area contributed by atoms with E-state index in [1.807, 2.05) is 13.8 Å². The summed E-state index contributed by atoms with van der Waals surface area (Å²) in [4.78, 5) is 16.0. The number of carbonyl (C=O) groups excluding carboxylic acids is 1. The predicted molar refractivity (Wildman–Crippen MR) is 99.5 cm³/mol. The van der Waals surface area contributed by atoms with Crippen LogP contribution in [-0.2, 0) is 16.0 Å². The van der Waals surface area contributed by atoms with Gasteiger partial charge in [0, 0.05) is 19.7 Å². The Kier molecular flexibility index (Phi) is 10.6. The van der Waals surface area contributed by atoms with Crippen LogP contribution in [0.15, 0.2) is 15.5 Å². The van der Waals surface area contributed by atoms with Gasteiger partial charge in [-0.2, -0.15) is 0 Å². The number of carbonyl (C=O) groups is 1. The molecule has 8 heteroatoms. The van der Waals surface area contributed by atoms with Crippen LogP contribution in [0.4, 0.5) is 0 Å². The van der Waals surface area contributed by atoms with E-state index in [9.17, 15) is 4.79 Å². The Labute approximate surface area is 154 Å². The Morgan fingerprint density at radius 2 is 2.13 bits per heavy atom. The Hall–Kier alpha value is -1.29. The molecule has 7 nitrogen and oxygen atoms in total. The molecule has 1 rings (SSSR count). The molecule has 0 aliphatic rings. The number of methoxy groups -OCH3 is 2. The van der Waals surface area contributed by atoms with Crippen LogP contribution < -0.4 is 10.6 Å². The van der Waals surface area contributed by atoms with Gasteiger partial charge in [-0.1, -0.05) is 0 Å². The van der Waals surface area contributed by atoms with Gasteiger partial charge in [0.25, 0.3) is 0 Å². The molecule has 0 aromatic carbocycles. The van der Waals surface area contributed by atoms with Gasteiger partial charge in [0.2, 0.25) is 0 Å². The van der Waals surface area contributed by atoms with Crippen LogP contribution in [0.3, 0.4) is 0 Å². The highest BCUT2D eigenvalue weighted by atomic mass is 127. The van der Waals surface area contributed by atoms with E-state index in [2.05, 4.69) is 15.6 Å². The number of halogens is 1. The lowest BCUT2D eigenvalue weighted by Crippen LogP contribution is -2.43. The molecule has 0 saturated heterocycles. The van der Waals surface area contributed by atoms with Crippen molar-refractivity contribution in [2.75, 3.05) is 27.4 Å². The zero-order chi connectivity index (χ0) is 16.5. The average Bonchev–Trinajstić information content (AvgIpc) is 2.85. The van der Waals surface area contributed by atoms with Crippen LogP contribution in [-0.4, -0.2) is 45.3 Å². The van der Waals surface area contributed by atoms with Gasteiger partial charge in [-0.3, -0.25) is 0 Å². The molecular weight excluding hydrogens is 413 g/mol. The van der Waals surface area contributed by atoms with E-state index in [4.69, 9.17) is 13.9 Å². The minimum absolute atomic E-state index is 0. The van der Waals surface area contributed by atoms with Crippen molar-refractivity contribution in [1.82, 2.24) is 10.6 Å². The molecule has 0 spiro atoms. The van der Waals surface area contributed by atoms with E-state index in [0.29, 0.717) is 36.2 Å². The van der Waals surface area contributed by atoms with E-state index in [1.165, 1.54) is 7.11 Å². The molecule has 0 fully saturated rings. The third kappa shape index (κ3) is 7.21. The Balaban J connectivity index is 0.00000484. The highest BCUT2D eigenvalue weighted by molar-refractivity contribution is 14.0. The number of aliphatic imine (C=N–C) groups is 1. The number of hydrogen-bond donors (Lipinski definition) is 2. The molecule has 1 atom stereocenters. The number of guanidine groups is 1. The average molecular weight is 439 g/mol. The lowest BCUT2D eigenvalue weighted by molar-refractivity contribution is 0.0599. The number of esters is 1. The molecule has 23 heavy (non-hydrogen) atoms. The Bertz CT molecular complexity index is 517. The first-order valence-electron chi connectivity index (χ1n) is 7.23. The third-order valence-electron chi connectivity index (χ3n) is 2.91. The van der Waals surface area contributed by atoms with Crippen molar-refractivity contribution >= 4 is 35.9 Å². The van der Waals surface area contributed by atoms with Crippen LogP contribution in [0.2, 0.25) is 0 Å². The molecule has 0 radical (unpaired) electrons. The molecule has 0 saturated carbocycles. The van der Waals surface area contributed by atoms with Crippen LogP contribution in [0.1, 0.15) is 35.7 Å². The van der Waals surface area contributed by atoms with Crippen LogP contribution >= 0.6 is 24.0 Å². The molecular formula is C15H26IN3O4. The summed E-state index contributed by atoms with van der Waals surface area (Å²) in [6.07, 6.45) is 0. The monoisotopic (exact) mass is 439 g/mol. The summed E-state index contributed by atoms with van der Waals surface area (Å²) in [6.45, 7) is 7.37. The zero-order valence-electron chi connectivity index (χ0n) is 14.3. The van der Waals surface area contributed by atoms with Crippen molar-refractivity contribution in [3.05, 3.63) is 23.2 Å². The van der Waals surface area contributed by atoms with E-state index >= 15 is 0 Å². The summed E-state index contributed by atoms with van der Waals surface area (Å²) >= 11 is 0. The first-order valence-corrected chi connectivity index (χ1v) is 7.23. The van der Waals surface area contributed by atoms with E-state index < -0.39 is 5.97 Å². The standard InChI is InChI=1S/C15H25N3O4.HI/c1-6-16-15(18-10(2)9-20-4)17-8-12-7-13(11(3)22-12)14(19)21-5;/h7,10H,6,8-9H2,1-5H3,(H2,16,17,18);1H. The third-order valence-corrected chi connectivity index (χ3v) is 2.91. The number of furan rings is 1. The SMILES string of the molecule is CCNC(=NCc1cc(C(=O)OC)c(C)o1)NC(C)COC.I. The van der Waals surface area contributed by atoms with Crippen LogP contribution in [0.5, 0.6) is 0 Å². The van der Waals surface area contributed by atoms with Crippen molar-refractivity contribution < 1.29 is 18.7 Å². The maximum atomic E-state index is 11.5. The van der Waals surface area contributed by atoms with Crippen molar-refractivity contribution in [1.29, 1.82) is 0 Å². The zero-order valence-corrected chi connectivity index (χ0v) is 16.6. The van der Waals surface area contributed by atoms with Gasteiger partial charge in [-0.15, -0.1) is 24.0 Å². The fourth-order valence-corrected chi connectivity index (χ4v) is 1.94. The number of nitrogens with zero attached hydrogens (tertiary/aromatic N) is 1. The second-order valence-corrected chi connectivity index (χ2v) is 4.87. The predicted octanol–water partition coefficient (Wildman–Crippen LogP) is 2.08. The van der Waals surface area contributed by atoms with Gasteiger partial charge in [-0.25, -0.2) is 9.79 Å². The first-order chi connectivity index (χ1) is 10.5. The number of ether oxygens (including phenoxy) is 2. The summed E-state index contributed by atoms with van der Waals surface area (Å²) in [7, 11) is 3.00. The number of aryl methyl sites for hydroxylation is 1. The van der Waals surface area contributed by atoms with Crippen molar-refractivity contribution in [2.45, 2.75) is 33.4 Å². The summed E-state index contributed by atoms with van der Waals surface area (Å²) in [6, 6.07) is 1.79. The fraction of sp³-hybridized carbons (Fsp3) is 0.600. The highest BCUT2D eigenvalue weighted by Crippen LogP contribution is 2.16. The van der Waals surface area contributed by atoms with Gasteiger partial charge in [0.1, 0.15) is 23.6 Å². The first kappa shape index (κ1) is 21.7.